The summed E-state index contributed by atoms with van der Waals surface area (Å²) in [6, 6.07) is 5.91. The van der Waals surface area contributed by atoms with Crippen LogP contribution in [-0.4, -0.2) is 37.2 Å². The lowest BCUT2D eigenvalue weighted by Gasteiger charge is -2.34. The first-order chi connectivity index (χ1) is 12.6. The molecule has 1 aromatic carbocycles. The summed E-state index contributed by atoms with van der Waals surface area (Å²) >= 11 is 6.22. The van der Waals surface area contributed by atoms with Crippen molar-refractivity contribution in [1.82, 2.24) is 4.90 Å². The molecule has 5 heteroatoms. The second-order valence-electron chi connectivity index (χ2n) is 6.30. The van der Waals surface area contributed by atoms with Gasteiger partial charge in [-0.05, 0) is 56.4 Å². The lowest BCUT2D eigenvalue weighted by atomic mass is 9.93. The number of carbonyl (C=O) groups is 1. The van der Waals surface area contributed by atoms with Crippen LogP contribution in [0.1, 0.15) is 45.1 Å². The van der Waals surface area contributed by atoms with E-state index in [1.165, 1.54) is 5.57 Å². The molecule has 0 bridgehead atoms. The highest BCUT2D eigenvalue weighted by Gasteiger charge is 2.28. The van der Waals surface area contributed by atoms with Crippen LogP contribution in [0.2, 0.25) is 5.02 Å². The molecule has 1 unspecified atom stereocenters. The van der Waals surface area contributed by atoms with E-state index in [0.29, 0.717) is 13.2 Å². The van der Waals surface area contributed by atoms with Crippen molar-refractivity contribution in [2.24, 2.45) is 0 Å². The zero-order valence-corrected chi connectivity index (χ0v) is 16.7. The second kappa shape index (κ2) is 10.3. The van der Waals surface area contributed by atoms with Crippen LogP contribution in [0.5, 0.6) is 0 Å². The molecule has 1 amide bonds. The molecule has 0 radical (unpaired) electrons. The van der Waals surface area contributed by atoms with E-state index in [4.69, 9.17) is 16.3 Å². The molecule has 142 valence electrons. The minimum Gasteiger partial charge on any atom is -0.450 e. The van der Waals surface area contributed by atoms with E-state index in [1.54, 1.807) is 0 Å². The van der Waals surface area contributed by atoms with Crippen LogP contribution in [0.15, 0.2) is 36.4 Å². The Balaban J connectivity index is 2.29. The summed E-state index contributed by atoms with van der Waals surface area (Å²) in [4.78, 5) is 14.2. The van der Waals surface area contributed by atoms with Gasteiger partial charge in [0.25, 0.3) is 0 Å². The van der Waals surface area contributed by atoms with Gasteiger partial charge < -0.3 is 15.0 Å². The van der Waals surface area contributed by atoms with Gasteiger partial charge in [0, 0.05) is 29.9 Å². The maximum Gasteiger partial charge on any atom is 0.410 e. The maximum atomic E-state index is 12.3. The molecule has 0 saturated carbocycles. The van der Waals surface area contributed by atoms with E-state index in [-0.39, 0.29) is 12.1 Å². The largest absolute Gasteiger partial charge is 0.450 e. The Labute approximate surface area is 161 Å². The molecule has 26 heavy (non-hydrogen) atoms. The van der Waals surface area contributed by atoms with Crippen molar-refractivity contribution in [3.8, 4) is 0 Å². The molecule has 4 nitrogen and oxygen atoms in total. The number of halogens is 1. The van der Waals surface area contributed by atoms with Crippen molar-refractivity contribution in [2.75, 3.05) is 25.5 Å². The van der Waals surface area contributed by atoms with E-state index in [2.05, 4.69) is 30.5 Å². The number of amides is 1. The first-order valence-electron chi connectivity index (χ1n) is 9.37. The highest BCUT2D eigenvalue weighted by molar-refractivity contribution is 6.30. The number of nitrogens with zero attached hydrogens (tertiary/aromatic N) is 1. The van der Waals surface area contributed by atoms with Crippen LogP contribution < -0.4 is 5.32 Å². The van der Waals surface area contributed by atoms with Crippen molar-refractivity contribution in [2.45, 2.75) is 45.6 Å². The zero-order chi connectivity index (χ0) is 18.9. The van der Waals surface area contributed by atoms with Gasteiger partial charge in [0.05, 0.1) is 12.6 Å². The number of hydrogen-bond donors (Lipinski definition) is 1. The highest BCUT2D eigenvalue weighted by atomic mass is 35.5. The van der Waals surface area contributed by atoms with Crippen LogP contribution in [0.25, 0.3) is 5.57 Å². The van der Waals surface area contributed by atoms with Gasteiger partial charge in [-0.2, -0.15) is 0 Å². The summed E-state index contributed by atoms with van der Waals surface area (Å²) in [5.74, 6) is 0. The number of benzene rings is 1. The summed E-state index contributed by atoms with van der Waals surface area (Å²) in [7, 11) is 1.91. The predicted molar refractivity (Wildman–Crippen MR) is 110 cm³/mol. The molecule has 1 atom stereocenters. The minimum absolute atomic E-state index is 0.0305. The Hall–Kier alpha value is -1.94. The predicted octanol–water partition coefficient (Wildman–Crippen LogP) is 5.74. The lowest BCUT2D eigenvalue weighted by Crippen LogP contribution is -2.42. The molecular formula is C21H29ClN2O2. The second-order valence-corrected chi connectivity index (χ2v) is 6.73. The summed E-state index contributed by atoms with van der Waals surface area (Å²) in [6.45, 7) is 5.01. The molecule has 1 aliphatic rings. The Morgan fingerprint density at radius 3 is 2.88 bits per heavy atom. The van der Waals surface area contributed by atoms with Crippen molar-refractivity contribution < 1.29 is 9.53 Å². The van der Waals surface area contributed by atoms with E-state index < -0.39 is 0 Å². The molecule has 1 aliphatic heterocycles. The first kappa shape index (κ1) is 20.4. The summed E-state index contributed by atoms with van der Waals surface area (Å²) < 4.78 is 5.25. The Kier molecular flexibility index (Phi) is 8.05. The third-order valence-corrected chi connectivity index (χ3v) is 4.78. The van der Waals surface area contributed by atoms with Gasteiger partial charge in [0.1, 0.15) is 0 Å². The number of hydrogen-bond acceptors (Lipinski definition) is 3. The molecule has 0 aromatic heterocycles. The van der Waals surface area contributed by atoms with Crippen LogP contribution in [0.3, 0.4) is 0 Å². The normalized spacial score (nSPS) is 17.3. The van der Waals surface area contributed by atoms with Gasteiger partial charge in [0.2, 0.25) is 0 Å². The van der Waals surface area contributed by atoms with E-state index in [0.717, 1.165) is 42.0 Å². The maximum absolute atomic E-state index is 12.3. The van der Waals surface area contributed by atoms with Crippen molar-refractivity contribution in [1.29, 1.82) is 0 Å². The van der Waals surface area contributed by atoms with Gasteiger partial charge >= 0.3 is 6.09 Å². The number of carbonyl (C=O) groups excluding carboxylic acids is 1. The summed E-state index contributed by atoms with van der Waals surface area (Å²) in [5, 5.41) is 3.95. The first-order valence-corrected chi connectivity index (χ1v) is 9.75. The van der Waals surface area contributed by atoms with Gasteiger partial charge in [0.15, 0.2) is 0 Å². The van der Waals surface area contributed by atoms with E-state index in [1.807, 2.05) is 37.1 Å². The summed E-state index contributed by atoms with van der Waals surface area (Å²) in [5.41, 5.74) is 3.38. The number of ether oxygens (including phenoxy) is 1. The van der Waals surface area contributed by atoms with Gasteiger partial charge in [-0.25, -0.2) is 4.79 Å². The Morgan fingerprint density at radius 2 is 2.19 bits per heavy atom. The van der Waals surface area contributed by atoms with E-state index in [9.17, 15) is 4.79 Å². The number of nitrogens with one attached hydrogen (secondary N) is 1. The minimum atomic E-state index is -0.229. The fourth-order valence-electron chi connectivity index (χ4n) is 3.26. The monoisotopic (exact) mass is 376 g/mol. The van der Waals surface area contributed by atoms with E-state index >= 15 is 0 Å². The van der Waals surface area contributed by atoms with Gasteiger partial charge in [-0.1, -0.05) is 36.8 Å². The molecule has 0 spiro atoms. The average molecular weight is 377 g/mol. The lowest BCUT2D eigenvalue weighted by molar-refractivity contribution is 0.0956. The smallest absolute Gasteiger partial charge is 0.410 e. The average Bonchev–Trinajstić information content (AvgIpc) is 2.65. The fraction of sp³-hybridized carbons (Fsp3) is 0.476. The van der Waals surface area contributed by atoms with Crippen LogP contribution in [0.4, 0.5) is 10.5 Å². The molecule has 1 N–H and O–H groups in total. The van der Waals surface area contributed by atoms with Crippen LogP contribution >= 0.6 is 11.6 Å². The third kappa shape index (κ3) is 5.28. The molecule has 1 aromatic rings. The molecule has 2 rings (SSSR count). The Bertz CT molecular complexity index is 670. The van der Waals surface area contributed by atoms with Crippen LogP contribution in [-0.2, 0) is 4.74 Å². The number of allylic oxidation sites excluding steroid dienone is 2. The van der Waals surface area contributed by atoms with Gasteiger partial charge in [-0.3, -0.25) is 0 Å². The summed E-state index contributed by atoms with van der Waals surface area (Å²) in [6.07, 6.45) is 9.96. The molecule has 1 heterocycles. The van der Waals surface area contributed by atoms with Crippen molar-refractivity contribution >= 4 is 29.0 Å². The SMILES string of the molecule is CC/C=C/CCC1C=C(c2cc(Cl)ccc2NC)CCN1C(=O)OCC. The molecular weight excluding hydrogens is 348 g/mol. The third-order valence-electron chi connectivity index (χ3n) is 4.55. The van der Waals surface area contributed by atoms with Crippen LogP contribution in [0, 0.1) is 0 Å². The highest BCUT2D eigenvalue weighted by Crippen LogP contribution is 2.33. The van der Waals surface area contributed by atoms with Gasteiger partial charge in [-0.15, -0.1) is 0 Å². The standard InChI is InChI=1S/C21H29ClN2O2/c1-4-6-7-8-9-18-14-16(12-13-24(18)21(25)26-5-2)19-15-17(22)10-11-20(19)23-3/h6-7,10-11,14-15,18,23H,4-5,8-9,12-13H2,1-3H3/b7-6+. The molecule has 0 fully saturated rings. The number of rotatable bonds is 7. The molecule has 0 aliphatic carbocycles. The molecule has 0 saturated heterocycles. The van der Waals surface area contributed by atoms with Crippen molar-refractivity contribution in [3.63, 3.8) is 0 Å². The quantitative estimate of drug-likeness (QED) is 0.616. The number of anilines is 1. The van der Waals surface area contributed by atoms with Crippen molar-refractivity contribution in [3.05, 3.63) is 47.0 Å². The fourth-order valence-corrected chi connectivity index (χ4v) is 3.43. The zero-order valence-electron chi connectivity index (χ0n) is 15.9. The topological polar surface area (TPSA) is 41.6 Å². The Morgan fingerprint density at radius 1 is 1.38 bits per heavy atom.